The molecule has 29 heavy (non-hydrogen) atoms. The van der Waals surface area contributed by atoms with Crippen LogP contribution in [0.5, 0.6) is 0 Å². The Morgan fingerprint density at radius 1 is 1.28 bits per heavy atom. The molecule has 0 saturated heterocycles. The number of rotatable bonds is 7. The van der Waals surface area contributed by atoms with Crippen molar-refractivity contribution in [2.24, 2.45) is 0 Å². The van der Waals surface area contributed by atoms with E-state index in [9.17, 15) is 9.59 Å². The highest BCUT2D eigenvalue weighted by atomic mass is 32.1. The summed E-state index contributed by atoms with van der Waals surface area (Å²) >= 11 is 1.54. The van der Waals surface area contributed by atoms with Crippen LogP contribution in [-0.2, 0) is 16.1 Å². The molecule has 1 unspecified atom stereocenters. The van der Waals surface area contributed by atoms with E-state index in [2.05, 4.69) is 22.4 Å². The van der Waals surface area contributed by atoms with Gasteiger partial charge in [0, 0.05) is 0 Å². The predicted octanol–water partition coefficient (Wildman–Crippen LogP) is 1.58. The molecule has 3 heterocycles. The first-order chi connectivity index (χ1) is 14.1. The Hall–Kier alpha value is -3.04. The number of hydrogen-bond acceptors (Lipinski definition) is 6. The van der Waals surface area contributed by atoms with Crippen LogP contribution in [0.1, 0.15) is 19.2 Å². The summed E-state index contributed by atoms with van der Waals surface area (Å²) in [5.41, 5.74) is 1.39. The Morgan fingerprint density at radius 3 is 2.93 bits per heavy atom. The number of thiophene rings is 1. The van der Waals surface area contributed by atoms with Crippen LogP contribution in [0.15, 0.2) is 46.2 Å². The van der Waals surface area contributed by atoms with Crippen LogP contribution in [0.2, 0.25) is 0 Å². The molecule has 1 aliphatic rings. The fourth-order valence-corrected chi connectivity index (χ4v) is 4.04. The Kier molecular flexibility index (Phi) is 5.68. The molecule has 0 spiro atoms. The number of carbonyl (C=O) groups is 2. The summed E-state index contributed by atoms with van der Waals surface area (Å²) in [5.74, 6) is 0.709. The third-order valence-corrected chi connectivity index (χ3v) is 5.53. The Labute approximate surface area is 172 Å². The van der Waals surface area contributed by atoms with Gasteiger partial charge in [0.1, 0.15) is 6.54 Å². The average molecular weight is 412 g/mol. The van der Waals surface area contributed by atoms with Gasteiger partial charge in [-0.05, 0) is 30.0 Å². The number of benzene rings is 1. The summed E-state index contributed by atoms with van der Waals surface area (Å²) in [4.78, 5) is 28.5. The minimum atomic E-state index is -0.188. The van der Waals surface area contributed by atoms with Gasteiger partial charge >= 0.3 is 0 Å². The number of anilines is 2. The van der Waals surface area contributed by atoms with E-state index in [4.69, 9.17) is 4.42 Å². The van der Waals surface area contributed by atoms with Gasteiger partial charge in [-0.1, -0.05) is 25.1 Å². The average Bonchev–Trinajstić information content (AvgIpc) is 3.39. The topological polar surface area (TPSA) is 92.8 Å². The molecule has 2 amide bonds. The summed E-state index contributed by atoms with van der Waals surface area (Å²) < 4.78 is 5.78. The maximum Gasteiger partial charge on any atom is 0.282 e. The number of nitrogens with zero attached hydrogens (tertiary/aromatic N) is 3. The summed E-state index contributed by atoms with van der Waals surface area (Å²) in [6, 6.07) is 11.2. The molecular formula is C20H22N5O3S+. The zero-order valence-electron chi connectivity index (χ0n) is 16.1. The summed E-state index contributed by atoms with van der Waals surface area (Å²) in [5, 5.41) is 13.0. The van der Waals surface area contributed by atoms with Gasteiger partial charge in [0.05, 0.1) is 22.8 Å². The lowest BCUT2D eigenvalue weighted by molar-refractivity contribution is -0.907. The van der Waals surface area contributed by atoms with Gasteiger partial charge in [0.15, 0.2) is 13.1 Å². The normalized spacial score (nSPS) is 14.4. The van der Waals surface area contributed by atoms with Crippen molar-refractivity contribution in [3.63, 3.8) is 0 Å². The monoisotopic (exact) mass is 412 g/mol. The molecule has 0 bridgehead atoms. The Bertz CT molecular complexity index is 1000. The van der Waals surface area contributed by atoms with Gasteiger partial charge in [-0.2, -0.15) is 0 Å². The summed E-state index contributed by atoms with van der Waals surface area (Å²) in [6.45, 7) is 3.58. The zero-order chi connectivity index (χ0) is 20.2. The molecule has 9 heteroatoms. The number of nitrogens with one attached hydrogen (secondary N) is 2. The number of para-hydroxylation sites is 2. The molecule has 2 N–H and O–H groups in total. The fraction of sp³-hybridized carbons (Fsp3) is 0.300. The van der Waals surface area contributed by atoms with E-state index in [0.29, 0.717) is 24.0 Å². The van der Waals surface area contributed by atoms with Crippen molar-refractivity contribution in [2.45, 2.75) is 19.9 Å². The molecule has 8 nitrogen and oxygen atoms in total. The predicted molar refractivity (Wildman–Crippen MR) is 110 cm³/mol. The second-order valence-electron chi connectivity index (χ2n) is 6.88. The van der Waals surface area contributed by atoms with Crippen LogP contribution in [0, 0.1) is 0 Å². The fourth-order valence-electron chi connectivity index (χ4n) is 3.40. The molecule has 1 aromatic carbocycles. The van der Waals surface area contributed by atoms with Crippen molar-refractivity contribution in [1.29, 1.82) is 0 Å². The van der Waals surface area contributed by atoms with Crippen LogP contribution < -0.4 is 15.1 Å². The third kappa shape index (κ3) is 4.36. The van der Waals surface area contributed by atoms with E-state index in [1.165, 1.54) is 11.3 Å². The van der Waals surface area contributed by atoms with Crippen molar-refractivity contribution in [3.05, 3.63) is 47.7 Å². The number of quaternary nitrogens is 1. The van der Waals surface area contributed by atoms with Gasteiger partial charge in [-0.25, -0.2) is 0 Å². The van der Waals surface area contributed by atoms with Crippen molar-refractivity contribution >= 4 is 34.5 Å². The van der Waals surface area contributed by atoms with Crippen molar-refractivity contribution in [2.75, 3.05) is 29.9 Å². The number of aromatic nitrogens is 2. The molecule has 0 fully saturated rings. The lowest BCUT2D eigenvalue weighted by atomic mass is 10.2. The van der Waals surface area contributed by atoms with E-state index < -0.39 is 0 Å². The lowest BCUT2D eigenvalue weighted by Gasteiger charge is -2.30. The van der Waals surface area contributed by atoms with E-state index in [-0.39, 0.29) is 24.9 Å². The van der Waals surface area contributed by atoms with E-state index in [1.807, 2.05) is 35.7 Å². The quantitative estimate of drug-likeness (QED) is 0.615. The van der Waals surface area contributed by atoms with E-state index >= 15 is 0 Å². The van der Waals surface area contributed by atoms with Gasteiger partial charge < -0.3 is 14.6 Å². The maximum absolute atomic E-state index is 13.0. The van der Waals surface area contributed by atoms with Crippen molar-refractivity contribution in [3.8, 4) is 10.8 Å². The molecule has 0 saturated carbocycles. The first-order valence-electron chi connectivity index (χ1n) is 9.53. The second kappa shape index (κ2) is 8.54. The largest absolute Gasteiger partial charge is 0.414 e. The Morgan fingerprint density at radius 2 is 2.14 bits per heavy atom. The number of amides is 2. The lowest BCUT2D eigenvalue weighted by Crippen LogP contribution is -3.12. The standard InChI is InChI=1S/C20H21N5O3S/c1-2-9-24(12-18-22-23-20(28-18)16-8-5-10-29-16)13-19(27)25-11-17(26)21-14-6-3-4-7-15(14)25/h3-8,10H,2,9,11-13H2,1H3,(H,21,26)/p+1. The molecule has 150 valence electrons. The van der Waals surface area contributed by atoms with Crippen LogP contribution >= 0.6 is 11.3 Å². The smallest absolute Gasteiger partial charge is 0.282 e. The van der Waals surface area contributed by atoms with Crippen LogP contribution in [0.4, 0.5) is 11.4 Å². The minimum absolute atomic E-state index is 0.0261. The third-order valence-electron chi connectivity index (χ3n) is 4.68. The molecule has 0 aliphatic carbocycles. The highest BCUT2D eigenvalue weighted by molar-refractivity contribution is 7.13. The maximum atomic E-state index is 13.0. The SMILES string of the molecule is CCC[NH+](CC(=O)N1CC(=O)Nc2ccccc21)Cc1nnc(-c2cccs2)o1. The second-order valence-corrected chi connectivity index (χ2v) is 7.82. The van der Waals surface area contributed by atoms with E-state index in [1.54, 1.807) is 11.0 Å². The van der Waals surface area contributed by atoms with E-state index in [0.717, 1.165) is 28.4 Å². The zero-order valence-corrected chi connectivity index (χ0v) is 16.9. The van der Waals surface area contributed by atoms with Crippen molar-refractivity contribution in [1.82, 2.24) is 10.2 Å². The van der Waals surface area contributed by atoms with Crippen molar-refractivity contribution < 1.29 is 18.9 Å². The first kappa shape index (κ1) is 19.3. The minimum Gasteiger partial charge on any atom is -0.414 e. The highest BCUT2D eigenvalue weighted by Gasteiger charge is 2.29. The highest BCUT2D eigenvalue weighted by Crippen LogP contribution is 2.28. The van der Waals surface area contributed by atoms with Gasteiger partial charge in [-0.3, -0.25) is 14.5 Å². The molecular weight excluding hydrogens is 390 g/mol. The molecule has 2 aromatic heterocycles. The number of hydrogen-bond donors (Lipinski definition) is 2. The molecule has 1 atom stereocenters. The summed E-state index contributed by atoms with van der Waals surface area (Å²) in [6.07, 6.45) is 0.908. The Balaban J connectivity index is 1.47. The summed E-state index contributed by atoms with van der Waals surface area (Å²) in [7, 11) is 0. The van der Waals surface area contributed by atoms with Gasteiger partial charge in [0.2, 0.25) is 5.91 Å². The van der Waals surface area contributed by atoms with Crippen LogP contribution in [-0.4, -0.2) is 41.6 Å². The van der Waals surface area contributed by atoms with Crippen LogP contribution in [0.25, 0.3) is 10.8 Å². The number of fused-ring (bicyclic) bond motifs is 1. The molecule has 4 rings (SSSR count). The van der Waals surface area contributed by atoms with Gasteiger partial charge in [-0.15, -0.1) is 21.5 Å². The van der Waals surface area contributed by atoms with Gasteiger partial charge in [0.25, 0.3) is 17.7 Å². The molecule has 0 radical (unpaired) electrons. The number of carbonyl (C=O) groups excluding carboxylic acids is 2. The molecule has 1 aliphatic heterocycles. The first-order valence-corrected chi connectivity index (χ1v) is 10.4. The molecule has 3 aromatic rings. The van der Waals surface area contributed by atoms with Crippen LogP contribution in [0.3, 0.4) is 0 Å².